The first-order valence-corrected chi connectivity index (χ1v) is 4.67. The van der Waals surface area contributed by atoms with Crippen molar-refractivity contribution < 1.29 is 0 Å². The SMILES string of the molecule is NCc1cn(-c2ccccc2Cl)cn1. The van der Waals surface area contributed by atoms with Crippen LogP contribution >= 0.6 is 11.6 Å². The molecule has 1 aromatic carbocycles. The molecule has 0 unspecified atom stereocenters. The Hall–Kier alpha value is -1.32. The molecular weight excluding hydrogens is 198 g/mol. The van der Waals surface area contributed by atoms with E-state index in [1.54, 1.807) is 6.33 Å². The molecule has 2 N–H and O–H groups in total. The van der Waals surface area contributed by atoms with E-state index in [1.807, 2.05) is 35.0 Å². The molecule has 1 aromatic heterocycles. The lowest BCUT2D eigenvalue weighted by molar-refractivity contribution is 1.01. The molecule has 0 amide bonds. The fourth-order valence-electron chi connectivity index (χ4n) is 1.26. The Morgan fingerprint density at radius 3 is 2.79 bits per heavy atom. The van der Waals surface area contributed by atoms with E-state index in [-0.39, 0.29) is 0 Å². The molecule has 0 spiro atoms. The number of imidazole rings is 1. The van der Waals surface area contributed by atoms with Gasteiger partial charge in [0, 0.05) is 12.7 Å². The van der Waals surface area contributed by atoms with Gasteiger partial charge in [-0.3, -0.25) is 0 Å². The highest BCUT2D eigenvalue weighted by molar-refractivity contribution is 6.32. The van der Waals surface area contributed by atoms with Crippen molar-refractivity contribution in [2.45, 2.75) is 6.54 Å². The molecule has 0 aliphatic rings. The Morgan fingerprint density at radius 2 is 2.14 bits per heavy atom. The summed E-state index contributed by atoms with van der Waals surface area (Å²) < 4.78 is 1.87. The van der Waals surface area contributed by atoms with Gasteiger partial charge in [0.1, 0.15) is 0 Å². The highest BCUT2D eigenvalue weighted by atomic mass is 35.5. The molecule has 2 aromatic rings. The summed E-state index contributed by atoms with van der Waals surface area (Å²) in [6.07, 6.45) is 3.59. The molecular formula is C10H10ClN3. The maximum absolute atomic E-state index is 6.03. The number of rotatable bonds is 2. The van der Waals surface area contributed by atoms with Crippen molar-refractivity contribution in [1.29, 1.82) is 0 Å². The zero-order valence-corrected chi connectivity index (χ0v) is 8.28. The smallest absolute Gasteiger partial charge is 0.0996 e. The van der Waals surface area contributed by atoms with E-state index in [0.717, 1.165) is 11.4 Å². The van der Waals surface area contributed by atoms with E-state index >= 15 is 0 Å². The van der Waals surface area contributed by atoms with Crippen molar-refractivity contribution in [3.05, 3.63) is 47.5 Å². The number of nitrogens with zero attached hydrogens (tertiary/aromatic N) is 2. The minimum absolute atomic E-state index is 0.442. The minimum Gasteiger partial charge on any atom is -0.325 e. The second-order valence-corrected chi connectivity index (χ2v) is 3.34. The van der Waals surface area contributed by atoms with Crippen molar-refractivity contribution >= 4 is 11.6 Å². The van der Waals surface area contributed by atoms with Crippen molar-refractivity contribution in [2.75, 3.05) is 0 Å². The third-order valence-corrected chi connectivity index (χ3v) is 2.30. The van der Waals surface area contributed by atoms with Crippen LogP contribution in [-0.4, -0.2) is 9.55 Å². The van der Waals surface area contributed by atoms with Crippen LogP contribution in [0.25, 0.3) is 5.69 Å². The standard InChI is InChI=1S/C10H10ClN3/c11-9-3-1-2-4-10(9)14-6-8(5-12)13-7-14/h1-4,6-7H,5,12H2. The van der Waals surface area contributed by atoms with Gasteiger partial charge in [-0.05, 0) is 12.1 Å². The number of halogens is 1. The highest BCUT2D eigenvalue weighted by Gasteiger charge is 2.02. The summed E-state index contributed by atoms with van der Waals surface area (Å²) in [5, 5.41) is 0.702. The molecule has 0 radical (unpaired) electrons. The molecule has 72 valence electrons. The van der Waals surface area contributed by atoms with Crippen LogP contribution in [-0.2, 0) is 6.54 Å². The van der Waals surface area contributed by atoms with E-state index in [4.69, 9.17) is 17.3 Å². The molecule has 2 rings (SSSR count). The van der Waals surface area contributed by atoms with Crippen LogP contribution in [0.1, 0.15) is 5.69 Å². The molecule has 0 atom stereocenters. The topological polar surface area (TPSA) is 43.8 Å². The fraction of sp³-hybridized carbons (Fsp3) is 0.100. The zero-order chi connectivity index (χ0) is 9.97. The molecule has 0 saturated carbocycles. The Bertz CT molecular complexity index is 436. The fourth-order valence-corrected chi connectivity index (χ4v) is 1.50. The average molecular weight is 208 g/mol. The predicted molar refractivity (Wildman–Crippen MR) is 56.5 cm³/mol. The van der Waals surface area contributed by atoms with Gasteiger partial charge in [-0.25, -0.2) is 4.98 Å². The number of nitrogens with two attached hydrogens (primary N) is 1. The molecule has 0 aliphatic heterocycles. The van der Waals surface area contributed by atoms with Gasteiger partial charge in [0.2, 0.25) is 0 Å². The summed E-state index contributed by atoms with van der Waals surface area (Å²) in [4.78, 5) is 4.13. The third kappa shape index (κ3) is 1.64. The molecule has 4 heteroatoms. The molecule has 0 bridgehead atoms. The third-order valence-electron chi connectivity index (χ3n) is 1.98. The van der Waals surface area contributed by atoms with Gasteiger partial charge in [-0.2, -0.15) is 0 Å². The summed E-state index contributed by atoms with van der Waals surface area (Å²) >= 11 is 6.03. The summed E-state index contributed by atoms with van der Waals surface area (Å²) in [5.41, 5.74) is 7.24. The largest absolute Gasteiger partial charge is 0.325 e. The highest BCUT2D eigenvalue weighted by Crippen LogP contribution is 2.19. The maximum Gasteiger partial charge on any atom is 0.0996 e. The van der Waals surface area contributed by atoms with E-state index in [1.165, 1.54) is 0 Å². The van der Waals surface area contributed by atoms with Crippen LogP contribution in [0.2, 0.25) is 5.02 Å². The van der Waals surface area contributed by atoms with Crippen LogP contribution in [0.4, 0.5) is 0 Å². The van der Waals surface area contributed by atoms with Gasteiger partial charge in [-0.15, -0.1) is 0 Å². The summed E-state index contributed by atoms with van der Waals surface area (Å²) in [7, 11) is 0. The second-order valence-electron chi connectivity index (χ2n) is 2.93. The number of hydrogen-bond donors (Lipinski definition) is 1. The van der Waals surface area contributed by atoms with Crippen LogP contribution in [0.3, 0.4) is 0 Å². The van der Waals surface area contributed by atoms with Gasteiger partial charge in [0.05, 0.1) is 22.7 Å². The Balaban J connectivity index is 2.44. The number of benzene rings is 1. The van der Waals surface area contributed by atoms with Gasteiger partial charge >= 0.3 is 0 Å². The van der Waals surface area contributed by atoms with Gasteiger partial charge in [0.25, 0.3) is 0 Å². The van der Waals surface area contributed by atoms with Crippen LogP contribution in [0, 0.1) is 0 Å². The van der Waals surface area contributed by atoms with Gasteiger partial charge in [-0.1, -0.05) is 23.7 Å². The van der Waals surface area contributed by atoms with Gasteiger partial charge in [0.15, 0.2) is 0 Å². The van der Waals surface area contributed by atoms with E-state index in [9.17, 15) is 0 Å². The maximum atomic E-state index is 6.03. The molecule has 0 aliphatic carbocycles. The van der Waals surface area contributed by atoms with Crippen LogP contribution in [0.5, 0.6) is 0 Å². The predicted octanol–water partition coefficient (Wildman–Crippen LogP) is 1.98. The number of hydrogen-bond acceptors (Lipinski definition) is 2. The number of para-hydroxylation sites is 1. The lowest BCUT2D eigenvalue weighted by atomic mass is 10.3. The molecule has 3 nitrogen and oxygen atoms in total. The van der Waals surface area contributed by atoms with Crippen molar-refractivity contribution in [3.63, 3.8) is 0 Å². The molecule has 14 heavy (non-hydrogen) atoms. The summed E-state index contributed by atoms with van der Waals surface area (Å²) in [6, 6.07) is 7.61. The van der Waals surface area contributed by atoms with Crippen molar-refractivity contribution in [2.24, 2.45) is 5.73 Å². The Morgan fingerprint density at radius 1 is 1.36 bits per heavy atom. The summed E-state index contributed by atoms with van der Waals surface area (Å²) in [6.45, 7) is 0.442. The van der Waals surface area contributed by atoms with E-state index in [2.05, 4.69) is 4.98 Å². The quantitative estimate of drug-likeness (QED) is 0.819. The lowest BCUT2D eigenvalue weighted by Gasteiger charge is -2.03. The summed E-state index contributed by atoms with van der Waals surface area (Å²) in [5.74, 6) is 0. The van der Waals surface area contributed by atoms with Gasteiger partial charge < -0.3 is 10.3 Å². The van der Waals surface area contributed by atoms with Crippen LogP contribution < -0.4 is 5.73 Å². The average Bonchev–Trinajstić information content (AvgIpc) is 2.67. The first-order chi connectivity index (χ1) is 6.81. The second kappa shape index (κ2) is 3.82. The van der Waals surface area contributed by atoms with Crippen molar-refractivity contribution in [1.82, 2.24) is 9.55 Å². The zero-order valence-electron chi connectivity index (χ0n) is 7.52. The molecule has 0 fully saturated rings. The molecule has 0 saturated heterocycles. The lowest BCUT2D eigenvalue weighted by Crippen LogP contribution is -1.96. The normalized spacial score (nSPS) is 10.4. The Kier molecular flexibility index (Phi) is 2.52. The minimum atomic E-state index is 0.442. The Labute approximate surface area is 87.1 Å². The number of aromatic nitrogens is 2. The van der Waals surface area contributed by atoms with Crippen LogP contribution in [0.15, 0.2) is 36.8 Å². The molecule has 1 heterocycles. The van der Waals surface area contributed by atoms with E-state index in [0.29, 0.717) is 11.6 Å². The van der Waals surface area contributed by atoms with Crippen molar-refractivity contribution in [3.8, 4) is 5.69 Å². The monoisotopic (exact) mass is 207 g/mol. The first-order valence-electron chi connectivity index (χ1n) is 4.29. The van der Waals surface area contributed by atoms with E-state index < -0.39 is 0 Å². The first kappa shape index (κ1) is 9.24.